The monoisotopic (exact) mass is 260 g/mol. The van der Waals surface area contributed by atoms with Crippen molar-refractivity contribution >= 4 is 0 Å². The first kappa shape index (κ1) is 13.5. The number of aryl methyl sites for hydroxylation is 2. The van der Waals surface area contributed by atoms with Crippen molar-refractivity contribution in [3.05, 3.63) is 41.5 Å². The van der Waals surface area contributed by atoms with E-state index in [0.29, 0.717) is 6.61 Å². The molecule has 2 aromatic rings. The zero-order valence-electron chi connectivity index (χ0n) is 11.6. The number of nitrogens with two attached hydrogens (primary N) is 1. The SMILES string of the molecule is CCn1ncnc1COc1cc(C)ccc1[C@H](C)N. The molecule has 1 heterocycles. The van der Waals surface area contributed by atoms with Crippen molar-refractivity contribution in [3.63, 3.8) is 0 Å². The van der Waals surface area contributed by atoms with E-state index in [1.807, 2.05) is 43.7 Å². The van der Waals surface area contributed by atoms with Gasteiger partial charge in [0.15, 0.2) is 5.82 Å². The van der Waals surface area contributed by atoms with E-state index in [2.05, 4.69) is 10.1 Å². The van der Waals surface area contributed by atoms with Gasteiger partial charge in [0.2, 0.25) is 0 Å². The molecule has 0 bridgehead atoms. The Balaban J connectivity index is 2.17. The van der Waals surface area contributed by atoms with Crippen molar-refractivity contribution in [2.45, 2.75) is 40.0 Å². The van der Waals surface area contributed by atoms with Crippen LogP contribution in [0.2, 0.25) is 0 Å². The Hall–Kier alpha value is -1.88. The number of hydrogen-bond acceptors (Lipinski definition) is 4. The van der Waals surface area contributed by atoms with E-state index in [0.717, 1.165) is 29.2 Å². The molecule has 0 aliphatic heterocycles. The maximum Gasteiger partial charge on any atom is 0.164 e. The van der Waals surface area contributed by atoms with Crippen LogP contribution in [0, 0.1) is 6.92 Å². The van der Waals surface area contributed by atoms with Gasteiger partial charge in [0, 0.05) is 18.2 Å². The molecule has 0 saturated carbocycles. The molecule has 5 heteroatoms. The lowest BCUT2D eigenvalue weighted by molar-refractivity contribution is 0.283. The average Bonchev–Trinajstić information content (AvgIpc) is 2.83. The predicted molar refractivity (Wildman–Crippen MR) is 73.8 cm³/mol. The standard InChI is InChI=1S/C14H20N4O/c1-4-18-14(16-9-17-18)8-19-13-7-10(2)5-6-12(13)11(3)15/h5-7,9,11H,4,8,15H2,1-3H3/t11-/m0/s1. The lowest BCUT2D eigenvalue weighted by atomic mass is 10.1. The van der Waals surface area contributed by atoms with Crippen molar-refractivity contribution in [3.8, 4) is 5.75 Å². The molecule has 0 saturated heterocycles. The fourth-order valence-corrected chi connectivity index (χ4v) is 1.95. The maximum absolute atomic E-state index is 5.96. The van der Waals surface area contributed by atoms with E-state index in [1.54, 1.807) is 6.33 Å². The van der Waals surface area contributed by atoms with E-state index < -0.39 is 0 Å². The second kappa shape index (κ2) is 5.84. The van der Waals surface area contributed by atoms with Crippen LogP contribution >= 0.6 is 0 Å². The fourth-order valence-electron chi connectivity index (χ4n) is 1.95. The lowest BCUT2D eigenvalue weighted by Gasteiger charge is -2.14. The van der Waals surface area contributed by atoms with Crippen LogP contribution < -0.4 is 10.5 Å². The molecule has 5 nitrogen and oxygen atoms in total. The zero-order valence-corrected chi connectivity index (χ0v) is 11.6. The quantitative estimate of drug-likeness (QED) is 0.895. The summed E-state index contributed by atoms with van der Waals surface area (Å²) in [5.74, 6) is 1.64. The van der Waals surface area contributed by atoms with E-state index in [-0.39, 0.29) is 6.04 Å². The van der Waals surface area contributed by atoms with Gasteiger partial charge in [-0.1, -0.05) is 12.1 Å². The van der Waals surface area contributed by atoms with Crippen molar-refractivity contribution in [2.24, 2.45) is 5.73 Å². The molecule has 19 heavy (non-hydrogen) atoms. The molecule has 2 N–H and O–H groups in total. The normalized spacial score (nSPS) is 12.4. The Kier molecular flexibility index (Phi) is 4.16. The van der Waals surface area contributed by atoms with E-state index in [4.69, 9.17) is 10.5 Å². The smallest absolute Gasteiger partial charge is 0.164 e. The van der Waals surface area contributed by atoms with Gasteiger partial charge in [0.1, 0.15) is 18.7 Å². The molecule has 0 aliphatic rings. The van der Waals surface area contributed by atoms with E-state index >= 15 is 0 Å². The average molecular weight is 260 g/mol. The van der Waals surface area contributed by atoms with Crippen LogP contribution in [0.3, 0.4) is 0 Å². The minimum atomic E-state index is -0.0559. The molecule has 1 aromatic carbocycles. The van der Waals surface area contributed by atoms with E-state index in [1.165, 1.54) is 0 Å². The first-order valence-electron chi connectivity index (χ1n) is 6.47. The van der Waals surface area contributed by atoms with Gasteiger partial charge >= 0.3 is 0 Å². The molecular weight excluding hydrogens is 240 g/mol. The molecule has 2 rings (SSSR count). The Labute approximate surface area is 113 Å². The Morgan fingerprint density at radius 2 is 2.21 bits per heavy atom. The highest BCUT2D eigenvalue weighted by molar-refractivity contribution is 5.38. The summed E-state index contributed by atoms with van der Waals surface area (Å²) in [6.45, 7) is 7.19. The Morgan fingerprint density at radius 3 is 2.89 bits per heavy atom. The summed E-state index contributed by atoms with van der Waals surface area (Å²) in [5.41, 5.74) is 8.11. The number of rotatable bonds is 5. The Morgan fingerprint density at radius 1 is 1.42 bits per heavy atom. The van der Waals surface area contributed by atoms with Crippen LogP contribution in [0.5, 0.6) is 5.75 Å². The minimum absolute atomic E-state index is 0.0559. The third-order valence-corrected chi connectivity index (χ3v) is 3.01. The largest absolute Gasteiger partial charge is 0.485 e. The number of nitrogens with zero attached hydrogens (tertiary/aromatic N) is 3. The van der Waals surface area contributed by atoms with Gasteiger partial charge < -0.3 is 10.5 Å². The molecule has 0 radical (unpaired) electrons. The first-order chi connectivity index (χ1) is 9.11. The van der Waals surface area contributed by atoms with Crippen molar-refractivity contribution in [1.29, 1.82) is 0 Å². The second-order valence-electron chi connectivity index (χ2n) is 4.61. The third-order valence-electron chi connectivity index (χ3n) is 3.01. The van der Waals surface area contributed by atoms with Gasteiger partial charge in [-0.15, -0.1) is 0 Å². The molecule has 0 aliphatic carbocycles. The second-order valence-corrected chi connectivity index (χ2v) is 4.61. The zero-order chi connectivity index (χ0) is 13.8. The Bertz CT molecular complexity index is 548. The third kappa shape index (κ3) is 3.12. The summed E-state index contributed by atoms with van der Waals surface area (Å²) >= 11 is 0. The van der Waals surface area contributed by atoms with Crippen molar-refractivity contribution in [1.82, 2.24) is 14.8 Å². The molecule has 0 unspecified atom stereocenters. The van der Waals surface area contributed by atoms with E-state index in [9.17, 15) is 0 Å². The molecular formula is C14H20N4O. The molecule has 0 spiro atoms. The van der Waals surface area contributed by atoms with Gasteiger partial charge in [-0.2, -0.15) is 5.10 Å². The summed E-state index contributed by atoms with van der Waals surface area (Å²) < 4.78 is 7.68. The fraction of sp³-hybridized carbons (Fsp3) is 0.429. The molecule has 1 atom stereocenters. The van der Waals surface area contributed by atoms with Gasteiger partial charge in [-0.3, -0.25) is 0 Å². The summed E-state index contributed by atoms with van der Waals surface area (Å²) in [6, 6.07) is 6.00. The van der Waals surface area contributed by atoms with Gasteiger partial charge in [0.05, 0.1) is 0 Å². The van der Waals surface area contributed by atoms with Crippen LogP contribution in [-0.2, 0) is 13.2 Å². The molecule has 1 aromatic heterocycles. The summed E-state index contributed by atoms with van der Waals surface area (Å²) in [4.78, 5) is 4.19. The molecule has 0 amide bonds. The van der Waals surface area contributed by atoms with Crippen LogP contribution in [0.1, 0.15) is 36.8 Å². The lowest BCUT2D eigenvalue weighted by Crippen LogP contribution is -2.11. The summed E-state index contributed by atoms with van der Waals surface area (Å²) in [7, 11) is 0. The van der Waals surface area contributed by atoms with Crippen LogP contribution in [0.4, 0.5) is 0 Å². The summed E-state index contributed by atoms with van der Waals surface area (Å²) in [6.07, 6.45) is 1.55. The van der Waals surface area contributed by atoms with Crippen LogP contribution in [0.25, 0.3) is 0 Å². The predicted octanol–water partition coefficient (Wildman–Crippen LogP) is 2.21. The highest BCUT2D eigenvalue weighted by Crippen LogP contribution is 2.25. The first-order valence-corrected chi connectivity index (χ1v) is 6.47. The number of hydrogen-bond donors (Lipinski definition) is 1. The molecule has 0 fully saturated rings. The van der Waals surface area contributed by atoms with Gasteiger partial charge in [-0.25, -0.2) is 9.67 Å². The van der Waals surface area contributed by atoms with Crippen LogP contribution in [-0.4, -0.2) is 14.8 Å². The van der Waals surface area contributed by atoms with Crippen molar-refractivity contribution < 1.29 is 4.74 Å². The minimum Gasteiger partial charge on any atom is -0.485 e. The number of benzene rings is 1. The highest BCUT2D eigenvalue weighted by atomic mass is 16.5. The number of aromatic nitrogens is 3. The topological polar surface area (TPSA) is 66.0 Å². The van der Waals surface area contributed by atoms with Gasteiger partial charge in [0.25, 0.3) is 0 Å². The van der Waals surface area contributed by atoms with Crippen molar-refractivity contribution in [2.75, 3.05) is 0 Å². The number of ether oxygens (including phenoxy) is 1. The maximum atomic E-state index is 5.96. The highest BCUT2D eigenvalue weighted by Gasteiger charge is 2.10. The van der Waals surface area contributed by atoms with Gasteiger partial charge in [-0.05, 0) is 32.4 Å². The molecule has 102 valence electrons. The van der Waals surface area contributed by atoms with Crippen LogP contribution in [0.15, 0.2) is 24.5 Å². The summed E-state index contributed by atoms with van der Waals surface area (Å²) in [5, 5.41) is 4.12.